The van der Waals surface area contributed by atoms with Crippen LogP contribution >= 0.6 is 31.9 Å². The van der Waals surface area contributed by atoms with Crippen LogP contribution < -0.4 is 10.6 Å². The molecule has 0 spiro atoms. The van der Waals surface area contributed by atoms with E-state index in [4.69, 9.17) is 0 Å². The van der Waals surface area contributed by atoms with Crippen LogP contribution in [0.15, 0.2) is 93.9 Å². The molecule has 6 heteroatoms. The lowest BCUT2D eigenvalue weighted by Gasteiger charge is -2.13. The van der Waals surface area contributed by atoms with Crippen LogP contribution in [0.2, 0.25) is 0 Å². The summed E-state index contributed by atoms with van der Waals surface area (Å²) in [7, 11) is 0. The number of hydrogen-bond acceptors (Lipinski definition) is 2. The number of nitrogens with one attached hydrogen (secondary N) is 2. The number of halogens is 2. The lowest BCUT2D eigenvalue weighted by Crippen LogP contribution is -2.13. The molecule has 0 heterocycles. The Bertz CT molecular complexity index is 1140. The van der Waals surface area contributed by atoms with Crippen molar-refractivity contribution in [3.8, 4) is 0 Å². The molecule has 0 bridgehead atoms. The third-order valence-electron chi connectivity index (χ3n) is 4.63. The molecule has 0 unspecified atom stereocenters. The van der Waals surface area contributed by atoms with E-state index in [-0.39, 0.29) is 11.8 Å². The summed E-state index contributed by atoms with van der Waals surface area (Å²) in [6, 6.07) is 25.6. The Kier molecular flexibility index (Phi) is 5.97. The second-order valence-corrected chi connectivity index (χ2v) is 8.46. The SMILES string of the molecule is O=C(Nc1cccc2c(NC(=O)c3ccc(Br)cc3)cccc12)c1ccc(Br)cc1. The van der Waals surface area contributed by atoms with Crippen molar-refractivity contribution < 1.29 is 9.59 Å². The number of hydrogen-bond donors (Lipinski definition) is 2. The molecule has 148 valence electrons. The molecule has 2 N–H and O–H groups in total. The first kappa shape index (κ1) is 20.3. The number of benzene rings is 4. The molecule has 0 fully saturated rings. The Labute approximate surface area is 190 Å². The largest absolute Gasteiger partial charge is 0.321 e. The van der Waals surface area contributed by atoms with Gasteiger partial charge in [0.2, 0.25) is 0 Å². The molecule has 0 aliphatic heterocycles. The van der Waals surface area contributed by atoms with E-state index in [2.05, 4.69) is 42.5 Å². The first-order chi connectivity index (χ1) is 14.5. The number of rotatable bonds is 4. The van der Waals surface area contributed by atoms with Gasteiger partial charge in [0.25, 0.3) is 11.8 Å². The molecule has 0 aromatic heterocycles. The lowest BCUT2D eigenvalue weighted by atomic mass is 10.1. The summed E-state index contributed by atoms with van der Waals surface area (Å²) in [6.45, 7) is 0. The minimum atomic E-state index is -0.195. The molecule has 0 aliphatic carbocycles. The van der Waals surface area contributed by atoms with Crippen molar-refractivity contribution in [1.29, 1.82) is 0 Å². The third kappa shape index (κ3) is 4.45. The monoisotopic (exact) mass is 522 g/mol. The minimum absolute atomic E-state index is 0.195. The molecule has 30 heavy (non-hydrogen) atoms. The maximum atomic E-state index is 12.6. The summed E-state index contributed by atoms with van der Waals surface area (Å²) in [5.41, 5.74) is 2.49. The highest BCUT2D eigenvalue weighted by atomic mass is 79.9. The molecule has 0 saturated carbocycles. The first-order valence-electron chi connectivity index (χ1n) is 9.17. The van der Waals surface area contributed by atoms with Gasteiger partial charge in [-0.15, -0.1) is 0 Å². The van der Waals surface area contributed by atoms with Gasteiger partial charge in [-0.05, 0) is 60.7 Å². The van der Waals surface area contributed by atoms with Crippen LogP contribution in [0.4, 0.5) is 11.4 Å². The van der Waals surface area contributed by atoms with Crippen LogP contribution in [0.25, 0.3) is 10.8 Å². The Hall–Kier alpha value is -2.96. The van der Waals surface area contributed by atoms with E-state index in [9.17, 15) is 9.59 Å². The van der Waals surface area contributed by atoms with E-state index in [0.29, 0.717) is 22.5 Å². The van der Waals surface area contributed by atoms with Crippen molar-refractivity contribution >= 4 is 65.8 Å². The predicted molar refractivity (Wildman–Crippen MR) is 128 cm³/mol. The van der Waals surface area contributed by atoms with Crippen LogP contribution in [0.1, 0.15) is 20.7 Å². The van der Waals surface area contributed by atoms with Gasteiger partial charge in [-0.2, -0.15) is 0 Å². The van der Waals surface area contributed by atoms with Crippen molar-refractivity contribution in [2.75, 3.05) is 10.6 Å². The average Bonchev–Trinajstić information content (AvgIpc) is 2.75. The van der Waals surface area contributed by atoms with Crippen molar-refractivity contribution in [2.24, 2.45) is 0 Å². The summed E-state index contributed by atoms with van der Waals surface area (Å²) in [5.74, 6) is -0.390. The van der Waals surface area contributed by atoms with Crippen molar-refractivity contribution in [2.45, 2.75) is 0 Å². The lowest BCUT2D eigenvalue weighted by molar-refractivity contribution is 0.101. The smallest absolute Gasteiger partial charge is 0.255 e. The zero-order chi connectivity index (χ0) is 21.1. The number of anilines is 2. The van der Waals surface area contributed by atoms with Crippen LogP contribution in [0.5, 0.6) is 0 Å². The third-order valence-corrected chi connectivity index (χ3v) is 5.69. The van der Waals surface area contributed by atoms with Gasteiger partial charge in [0.05, 0.1) is 0 Å². The van der Waals surface area contributed by atoms with Crippen molar-refractivity contribution in [1.82, 2.24) is 0 Å². The Balaban J connectivity index is 1.62. The van der Waals surface area contributed by atoms with Crippen LogP contribution in [0.3, 0.4) is 0 Å². The number of fused-ring (bicyclic) bond motifs is 1. The predicted octanol–water partition coefficient (Wildman–Crippen LogP) is 6.87. The van der Waals surface area contributed by atoms with Gasteiger partial charge < -0.3 is 10.6 Å². The van der Waals surface area contributed by atoms with Crippen LogP contribution in [-0.2, 0) is 0 Å². The van der Waals surface area contributed by atoms with E-state index in [1.54, 1.807) is 24.3 Å². The van der Waals surface area contributed by atoms with E-state index in [0.717, 1.165) is 19.7 Å². The van der Waals surface area contributed by atoms with E-state index < -0.39 is 0 Å². The Morgan fingerprint density at radius 1 is 0.533 bits per heavy atom. The van der Waals surface area contributed by atoms with Gasteiger partial charge in [0, 0.05) is 42.2 Å². The molecular formula is C24H16Br2N2O2. The van der Waals surface area contributed by atoms with Crippen LogP contribution in [-0.4, -0.2) is 11.8 Å². The molecule has 4 nitrogen and oxygen atoms in total. The van der Waals surface area contributed by atoms with Crippen molar-refractivity contribution in [3.05, 3.63) is 105 Å². The molecular weight excluding hydrogens is 508 g/mol. The van der Waals surface area contributed by atoms with Gasteiger partial charge in [-0.3, -0.25) is 9.59 Å². The normalized spacial score (nSPS) is 10.6. The van der Waals surface area contributed by atoms with Crippen LogP contribution in [0, 0.1) is 0 Å². The summed E-state index contributed by atoms with van der Waals surface area (Å²) in [5, 5.41) is 7.62. The maximum Gasteiger partial charge on any atom is 0.255 e. The molecule has 2 amide bonds. The second-order valence-electron chi connectivity index (χ2n) is 6.63. The molecule has 0 aliphatic rings. The fourth-order valence-electron chi connectivity index (χ4n) is 3.12. The summed E-state index contributed by atoms with van der Waals surface area (Å²) < 4.78 is 1.82. The molecule has 0 atom stereocenters. The number of carbonyl (C=O) groups excluding carboxylic acids is 2. The molecule has 4 aromatic rings. The van der Waals surface area contributed by atoms with Gasteiger partial charge in [-0.25, -0.2) is 0 Å². The summed E-state index contributed by atoms with van der Waals surface area (Å²) >= 11 is 6.75. The summed E-state index contributed by atoms with van der Waals surface area (Å²) in [6.07, 6.45) is 0. The summed E-state index contributed by atoms with van der Waals surface area (Å²) in [4.78, 5) is 25.3. The topological polar surface area (TPSA) is 58.2 Å². The van der Waals surface area contributed by atoms with Gasteiger partial charge in [0.15, 0.2) is 0 Å². The fraction of sp³-hybridized carbons (Fsp3) is 0. The second kappa shape index (κ2) is 8.81. The molecule has 0 saturated heterocycles. The highest BCUT2D eigenvalue weighted by molar-refractivity contribution is 9.10. The van der Waals surface area contributed by atoms with E-state index in [1.165, 1.54) is 0 Å². The van der Waals surface area contributed by atoms with Crippen molar-refractivity contribution in [3.63, 3.8) is 0 Å². The Morgan fingerprint density at radius 2 is 0.900 bits per heavy atom. The fourth-order valence-corrected chi connectivity index (χ4v) is 3.65. The number of amides is 2. The first-order valence-corrected chi connectivity index (χ1v) is 10.8. The Morgan fingerprint density at radius 3 is 1.27 bits per heavy atom. The maximum absolute atomic E-state index is 12.6. The highest BCUT2D eigenvalue weighted by Crippen LogP contribution is 2.30. The van der Waals surface area contributed by atoms with E-state index >= 15 is 0 Å². The van der Waals surface area contributed by atoms with E-state index in [1.807, 2.05) is 60.7 Å². The number of carbonyl (C=O) groups is 2. The van der Waals surface area contributed by atoms with Gasteiger partial charge >= 0.3 is 0 Å². The quantitative estimate of drug-likeness (QED) is 0.306. The highest BCUT2D eigenvalue weighted by Gasteiger charge is 2.12. The zero-order valence-electron chi connectivity index (χ0n) is 15.7. The zero-order valence-corrected chi connectivity index (χ0v) is 18.8. The molecule has 0 radical (unpaired) electrons. The van der Waals surface area contributed by atoms with Gasteiger partial charge in [-0.1, -0.05) is 56.1 Å². The minimum Gasteiger partial charge on any atom is -0.321 e. The molecule has 4 rings (SSSR count). The standard InChI is InChI=1S/C24H16Br2N2O2/c25-17-11-7-15(8-12-17)23(29)27-21-5-1-3-19-20(21)4-2-6-22(19)28-24(30)16-9-13-18(26)14-10-16/h1-14H,(H,27,29)(H,28,30). The average molecular weight is 524 g/mol. The van der Waals surface area contributed by atoms with Gasteiger partial charge in [0.1, 0.15) is 0 Å². The molecule has 4 aromatic carbocycles.